The third-order valence-corrected chi connectivity index (χ3v) is 3.41. The van der Waals surface area contributed by atoms with Crippen molar-refractivity contribution in [3.8, 4) is 17.2 Å². The minimum absolute atomic E-state index is 0.0790. The van der Waals surface area contributed by atoms with E-state index in [2.05, 4.69) is 0 Å². The molecule has 4 nitrogen and oxygen atoms in total. The summed E-state index contributed by atoms with van der Waals surface area (Å²) in [6.07, 6.45) is 0. The van der Waals surface area contributed by atoms with Crippen LogP contribution >= 0.6 is 11.6 Å². The zero-order valence-corrected chi connectivity index (χ0v) is 11.8. The van der Waals surface area contributed by atoms with Crippen molar-refractivity contribution in [2.75, 3.05) is 6.79 Å². The Morgan fingerprint density at radius 2 is 1.90 bits per heavy atom. The summed E-state index contributed by atoms with van der Waals surface area (Å²) in [5.41, 5.74) is 6.88. The average Bonchev–Trinajstić information content (AvgIpc) is 2.92. The molecule has 0 saturated carbocycles. The second-order valence-corrected chi connectivity index (χ2v) is 4.98. The predicted molar refractivity (Wildman–Crippen MR) is 76.2 cm³/mol. The summed E-state index contributed by atoms with van der Waals surface area (Å²) in [6, 6.07) is 7.94. The molecule has 1 aliphatic heterocycles. The van der Waals surface area contributed by atoms with Crippen LogP contribution < -0.4 is 19.9 Å². The van der Waals surface area contributed by atoms with Crippen molar-refractivity contribution < 1.29 is 18.6 Å². The molecule has 110 valence electrons. The normalized spacial score (nSPS) is 12.5. The molecular formula is C15H13ClFNO3. The van der Waals surface area contributed by atoms with Gasteiger partial charge in [0, 0.05) is 28.8 Å². The summed E-state index contributed by atoms with van der Waals surface area (Å²) >= 11 is 5.72. The van der Waals surface area contributed by atoms with Crippen LogP contribution in [0.2, 0.25) is 5.02 Å². The van der Waals surface area contributed by atoms with Gasteiger partial charge in [-0.2, -0.15) is 0 Å². The molecule has 0 saturated heterocycles. The molecule has 0 aliphatic carbocycles. The highest BCUT2D eigenvalue weighted by atomic mass is 35.5. The number of ether oxygens (including phenoxy) is 3. The van der Waals surface area contributed by atoms with Gasteiger partial charge in [0.15, 0.2) is 11.5 Å². The molecule has 1 aliphatic rings. The molecule has 0 aromatic heterocycles. The van der Waals surface area contributed by atoms with E-state index in [0.29, 0.717) is 27.8 Å². The zero-order chi connectivity index (χ0) is 14.8. The highest BCUT2D eigenvalue weighted by Crippen LogP contribution is 2.38. The molecule has 0 spiro atoms. The maximum Gasteiger partial charge on any atom is 0.231 e. The van der Waals surface area contributed by atoms with Gasteiger partial charge in [-0.3, -0.25) is 0 Å². The number of fused-ring (bicyclic) bond motifs is 1. The topological polar surface area (TPSA) is 53.7 Å². The standard InChI is InChI=1S/C15H13ClFNO3/c16-11-2-1-9(12(17)4-11)7-19-13-5-15-14(20-8-21-15)3-10(13)6-18/h1-5H,6-8,18H2. The van der Waals surface area contributed by atoms with E-state index in [-0.39, 0.29) is 19.9 Å². The molecule has 0 radical (unpaired) electrons. The van der Waals surface area contributed by atoms with E-state index in [9.17, 15) is 4.39 Å². The van der Waals surface area contributed by atoms with E-state index >= 15 is 0 Å². The fourth-order valence-corrected chi connectivity index (χ4v) is 2.21. The molecular weight excluding hydrogens is 297 g/mol. The van der Waals surface area contributed by atoms with Crippen molar-refractivity contribution in [1.82, 2.24) is 0 Å². The van der Waals surface area contributed by atoms with Crippen LogP contribution in [0.5, 0.6) is 17.2 Å². The van der Waals surface area contributed by atoms with Crippen LogP contribution in [0.1, 0.15) is 11.1 Å². The van der Waals surface area contributed by atoms with Gasteiger partial charge < -0.3 is 19.9 Å². The van der Waals surface area contributed by atoms with Crippen LogP contribution in [0.3, 0.4) is 0 Å². The molecule has 0 fully saturated rings. The van der Waals surface area contributed by atoms with Crippen molar-refractivity contribution in [3.63, 3.8) is 0 Å². The molecule has 3 rings (SSSR count). The van der Waals surface area contributed by atoms with Gasteiger partial charge in [0.1, 0.15) is 18.2 Å². The van der Waals surface area contributed by atoms with Gasteiger partial charge in [-0.15, -0.1) is 0 Å². The van der Waals surface area contributed by atoms with Crippen LogP contribution in [0.4, 0.5) is 4.39 Å². The van der Waals surface area contributed by atoms with Crippen molar-refractivity contribution >= 4 is 11.6 Å². The molecule has 1 heterocycles. The van der Waals surface area contributed by atoms with Crippen LogP contribution in [0.25, 0.3) is 0 Å². The lowest BCUT2D eigenvalue weighted by Gasteiger charge is -2.12. The molecule has 2 aromatic carbocycles. The smallest absolute Gasteiger partial charge is 0.231 e. The van der Waals surface area contributed by atoms with Gasteiger partial charge in [0.05, 0.1) is 0 Å². The monoisotopic (exact) mass is 309 g/mol. The third kappa shape index (κ3) is 2.89. The number of benzene rings is 2. The van der Waals surface area contributed by atoms with Crippen LogP contribution in [-0.2, 0) is 13.2 Å². The highest BCUT2D eigenvalue weighted by Gasteiger charge is 2.17. The molecule has 6 heteroatoms. The van der Waals surface area contributed by atoms with Crippen LogP contribution in [0, 0.1) is 5.82 Å². The van der Waals surface area contributed by atoms with E-state index in [1.54, 1.807) is 24.3 Å². The summed E-state index contributed by atoms with van der Waals surface area (Å²) in [6.45, 7) is 0.541. The van der Waals surface area contributed by atoms with Crippen LogP contribution in [-0.4, -0.2) is 6.79 Å². The average molecular weight is 310 g/mol. The summed E-state index contributed by atoms with van der Waals surface area (Å²) in [5, 5.41) is 0.349. The van der Waals surface area contributed by atoms with Gasteiger partial charge in [-0.25, -0.2) is 4.39 Å². The van der Waals surface area contributed by atoms with Crippen molar-refractivity contribution in [1.29, 1.82) is 0 Å². The minimum atomic E-state index is -0.405. The summed E-state index contributed by atoms with van der Waals surface area (Å²) in [4.78, 5) is 0. The first kappa shape index (κ1) is 14.0. The lowest BCUT2D eigenvalue weighted by molar-refractivity contribution is 0.173. The fraction of sp³-hybridized carbons (Fsp3) is 0.200. The number of halogens is 2. The fourth-order valence-electron chi connectivity index (χ4n) is 2.05. The first-order valence-corrected chi connectivity index (χ1v) is 6.74. The van der Waals surface area contributed by atoms with Gasteiger partial charge in [0.2, 0.25) is 6.79 Å². The largest absolute Gasteiger partial charge is 0.488 e. The van der Waals surface area contributed by atoms with Gasteiger partial charge in [0.25, 0.3) is 0 Å². The third-order valence-electron chi connectivity index (χ3n) is 3.17. The summed E-state index contributed by atoms with van der Waals surface area (Å²) < 4.78 is 30.0. The first-order chi connectivity index (χ1) is 10.2. The van der Waals surface area contributed by atoms with Crippen molar-refractivity contribution in [2.45, 2.75) is 13.2 Å². The van der Waals surface area contributed by atoms with Gasteiger partial charge in [-0.1, -0.05) is 17.7 Å². The SMILES string of the molecule is NCc1cc2c(cc1OCc1ccc(Cl)cc1F)OCO2. The van der Waals surface area contributed by atoms with E-state index in [0.717, 1.165) is 5.56 Å². The Labute approximate surface area is 126 Å². The number of hydrogen-bond donors (Lipinski definition) is 1. The molecule has 2 N–H and O–H groups in total. The Hall–Kier alpha value is -1.98. The maximum absolute atomic E-state index is 13.7. The van der Waals surface area contributed by atoms with E-state index in [4.69, 9.17) is 31.5 Å². The predicted octanol–water partition coefficient (Wildman–Crippen LogP) is 3.25. The Kier molecular flexibility index (Phi) is 3.86. The molecule has 2 aromatic rings. The summed E-state index contributed by atoms with van der Waals surface area (Å²) in [5.74, 6) is 1.38. The maximum atomic E-state index is 13.7. The highest BCUT2D eigenvalue weighted by molar-refractivity contribution is 6.30. The Morgan fingerprint density at radius 3 is 2.62 bits per heavy atom. The van der Waals surface area contributed by atoms with Crippen LogP contribution in [0.15, 0.2) is 30.3 Å². The molecule has 0 atom stereocenters. The van der Waals surface area contributed by atoms with Crippen molar-refractivity contribution in [2.24, 2.45) is 5.73 Å². The molecule has 0 bridgehead atoms. The van der Waals surface area contributed by atoms with E-state index < -0.39 is 5.82 Å². The Balaban J connectivity index is 1.81. The number of rotatable bonds is 4. The quantitative estimate of drug-likeness (QED) is 0.942. The first-order valence-electron chi connectivity index (χ1n) is 6.36. The van der Waals surface area contributed by atoms with Gasteiger partial charge in [-0.05, 0) is 18.2 Å². The van der Waals surface area contributed by atoms with E-state index in [1.807, 2.05) is 0 Å². The van der Waals surface area contributed by atoms with Crippen molar-refractivity contribution in [3.05, 3.63) is 52.3 Å². The second kappa shape index (κ2) is 5.79. The molecule has 0 unspecified atom stereocenters. The zero-order valence-electron chi connectivity index (χ0n) is 11.1. The minimum Gasteiger partial charge on any atom is -0.488 e. The van der Waals surface area contributed by atoms with E-state index in [1.165, 1.54) is 6.07 Å². The lowest BCUT2D eigenvalue weighted by atomic mass is 10.1. The number of nitrogens with two attached hydrogens (primary N) is 1. The second-order valence-electron chi connectivity index (χ2n) is 4.54. The lowest BCUT2D eigenvalue weighted by Crippen LogP contribution is -2.04. The number of hydrogen-bond acceptors (Lipinski definition) is 4. The molecule has 21 heavy (non-hydrogen) atoms. The molecule has 0 amide bonds. The Morgan fingerprint density at radius 1 is 1.14 bits per heavy atom. The van der Waals surface area contributed by atoms with Gasteiger partial charge >= 0.3 is 0 Å². The Bertz CT molecular complexity index is 678. The summed E-state index contributed by atoms with van der Waals surface area (Å²) in [7, 11) is 0.